The zero-order valence-corrected chi connectivity index (χ0v) is 10.1. The molecule has 0 aliphatic heterocycles. The van der Waals surface area contributed by atoms with Crippen molar-refractivity contribution in [2.24, 2.45) is 0 Å². The molecule has 0 radical (unpaired) electrons. The number of hydrogen-bond donors (Lipinski definition) is 1. The maximum Gasteiger partial charge on any atom is 0.193 e. The van der Waals surface area contributed by atoms with E-state index in [1.54, 1.807) is 36.4 Å². The molecule has 1 unspecified atom stereocenters. The van der Waals surface area contributed by atoms with Crippen LogP contribution in [-0.4, -0.2) is 5.11 Å². The van der Waals surface area contributed by atoms with Crippen LogP contribution in [0.1, 0.15) is 17.4 Å². The summed E-state index contributed by atoms with van der Waals surface area (Å²) in [4.78, 5) is 12.0. The van der Waals surface area contributed by atoms with Crippen LogP contribution in [0.5, 0.6) is 0 Å². The van der Waals surface area contributed by atoms with Crippen LogP contribution in [0.25, 0.3) is 11.0 Å². The highest BCUT2D eigenvalue weighted by Crippen LogP contribution is 2.23. The second kappa shape index (κ2) is 4.71. The molecule has 0 bridgehead atoms. The lowest BCUT2D eigenvalue weighted by Gasteiger charge is -2.10. The van der Waals surface area contributed by atoms with E-state index in [0.717, 1.165) is 0 Å². The van der Waals surface area contributed by atoms with Gasteiger partial charge in [0, 0.05) is 6.07 Å². The summed E-state index contributed by atoms with van der Waals surface area (Å²) in [6.45, 7) is 0. The van der Waals surface area contributed by atoms with Crippen molar-refractivity contribution < 1.29 is 9.52 Å². The second-order valence-corrected chi connectivity index (χ2v) is 4.32. The van der Waals surface area contributed by atoms with Gasteiger partial charge in [-0.15, -0.1) is 0 Å². The molecule has 0 saturated carbocycles. The minimum absolute atomic E-state index is 0.146. The SMILES string of the molecule is O=c1cc(C(O)c2ccccc2)oc2ccccc12. The number of para-hydroxylation sites is 1. The fraction of sp³-hybridized carbons (Fsp3) is 0.0625. The average Bonchev–Trinajstić information content (AvgIpc) is 2.47. The summed E-state index contributed by atoms with van der Waals surface area (Å²) in [5.74, 6) is 0.259. The van der Waals surface area contributed by atoms with Crippen LogP contribution in [0.4, 0.5) is 0 Å². The molecule has 1 atom stereocenters. The van der Waals surface area contributed by atoms with Crippen LogP contribution < -0.4 is 5.43 Å². The molecular formula is C16H12O3. The summed E-state index contributed by atoms with van der Waals surface area (Å²) in [5.41, 5.74) is 1.03. The molecule has 1 aromatic heterocycles. The lowest BCUT2D eigenvalue weighted by molar-refractivity contribution is 0.190. The van der Waals surface area contributed by atoms with Crippen molar-refractivity contribution in [1.29, 1.82) is 0 Å². The van der Waals surface area contributed by atoms with E-state index in [2.05, 4.69) is 0 Å². The number of benzene rings is 2. The van der Waals surface area contributed by atoms with E-state index in [1.165, 1.54) is 6.07 Å². The molecule has 0 amide bonds. The third kappa shape index (κ3) is 2.16. The molecule has 0 spiro atoms. The predicted octanol–water partition coefficient (Wildman–Crippen LogP) is 2.87. The Labute approximate surface area is 109 Å². The van der Waals surface area contributed by atoms with Gasteiger partial charge in [-0.1, -0.05) is 42.5 Å². The van der Waals surface area contributed by atoms with Crippen molar-refractivity contribution in [3.05, 3.63) is 82.2 Å². The molecule has 0 saturated heterocycles. The van der Waals surface area contributed by atoms with Gasteiger partial charge in [0.25, 0.3) is 0 Å². The molecule has 19 heavy (non-hydrogen) atoms. The van der Waals surface area contributed by atoms with Gasteiger partial charge >= 0.3 is 0 Å². The molecule has 0 aliphatic rings. The van der Waals surface area contributed by atoms with Crippen LogP contribution >= 0.6 is 0 Å². The predicted molar refractivity (Wildman–Crippen MR) is 73.0 cm³/mol. The summed E-state index contributed by atoms with van der Waals surface area (Å²) in [5, 5.41) is 10.8. The topological polar surface area (TPSA) is 50.4 Å². The second-order valence-electron chi connectivity index (χ2n) is 4.32. The molecule has 94 valence electrons. The molecule has 2 aromatic carbocycles. The Hall–Kier alpha value is -2.39. The normalized spacial score (nSPS) is 12.5. The number of rotatable bonds is 2. The molecule has 1 heterocycles. The summed E-state index contributed by atoms with van der Waals surface area (Å²) >= 11 is 0. The van der Waals surface area contributed by atoms with Gasteiger partial charge in [-0.3, -0.25) is 4.79 Å². The Kier molecular flexibility index (Phi) is 2.89. The molecule has 0 fully saturated rings. The maximum absolute atomic E-state index is 12.0. The van der Waals surface area contributed by atoms with Gasteiger partial charge in [-0.25, -0.2) is 0 Å². The molecule has 3 rings (SSSR count). The summed E-state index contributed by atoms with van der Waals surface area (Å²) in [6.07, 6.45) is -0.932. The highest BCUT2D eigenvalue weighted by molar-refractivity contribution is 5.76. The highest BCUT2D eigenvalue weighted by Gasteiger charge is 2.14. The number of hydrogen-bond acceptors (Lipinski definition) is 3. The molecule has 3 aromatic rings. The third-order valence-electron chi connectivity index (χ3n) is 3.04. The van der Waals surface area contributed by atoms with Crippen molar-refractivity contribution in [1.82, 2.24) is 0 Å². The van der Waals surface area contributed by atoms with Crippen molar-refractivity contribution in [3.8, 4) is 0 Å². The zero-order valence-electron chi connectivity index (χ0n) is 10.1. The monoisotopic (exact) mass is 252 g/mol. The van der Waals surface area contributed by atoms with Gasteiger partial charge in [0.1, 0.15) is 17.4 Å². The van der Waals surface area contributed by atoms with E-state index in [9.17, 15) is 9.90 Å². The van der Waals surface area contributed by atoms with Crippen molar-refractivity contribution in [3.63, 3.8) is 0 Å². The molecular weight excluding hydrogens is 240 g/mol. The standard InChI is InChI=1S/C16H12O3/c17-13-10-15(16(18)11-6-2-1-3-7-11)19-14-9-5-4-8-12(13)14/h1-10,16,18H. The van der Waals surface area contributed by atoms with E-state index < -0.39 is 6.10 Å². The fourth-order valence-corrected chi connectivity index (χ4v) is 2.06. The Balaban J connectivity index is 2.14. The van der Waals surface area contributed by atoms with Gasteiger partial charge in [-0.05, 0) is 17.7 Å². The lowest BCUT2D eigenvalue weighted by Crippen LogP contribution is -2.06. The fourth-order valence-electron chi connectivity index (χ4n) is 2.06. The summed E-state index contributed by atoms with van der Waals surface area (Å²) < 4.78 is 5.61. The average molecular weight is 252 g/mol. The first-order valence-electron chi connectivity index (χ1n) is 6.01. The lowest BCUT2D eigenvalue weighted by atomic mass is 10.1. The van der Waals surface area contributed by atoms with Gasteiger partial charge in [0.05, 0.1) is 5.39 Å². The highest BCUT2D eigenvalue weighted by atomic mass is 16.4. The van der Waals surface area contributed by atoms with Gasteiger partial charge in [0.2, 0.25) is 0 Å². The van der Waals surface area contributed by atoms with E-state index >= 15 is 0 Å². The van der Waals surface area contributed by atoms with Crippen LogP contribution in [0.15, 0.2) is 69.9 Å². The van der Waals surface area contributed by atoms with Crippen LogP contribution in [-0.2, 0) is 0 Å². The van der Waals surface area contributed by atoms with E-state index in [1.807, 2.05) is 18.2 Å². The molecule has 3 nitrogen and oxygen atoms in total. The largest absolute Gasteiger partial charge is 0.458 e. The van der Waals surface area contributed by atoms with Crippen molar-refractivity contribution in [2.75, 3.05) is 0 Å². The van der Waals surface area contributed by atoms with E-state index in [0.29, 0.717) is 16.5 Å². The van der Waals surface area contributed by atoms with Gasteiger partial charge in [0.15, 0.2) is 5.43 Å². The quantitative estimate of drug-likeness (QED) is 0.763. The minimum atomic E-state index is -0.932. The van der Waals surface area contributed by atoms with Crippen molar-refractivity contribution in [2.45, 2.75) is 6.10 Å². The molecule has 1 N–H and O–H groups in total. The smallest absolute Gasteiger partial charge is 0.193 e. The Morgan fingerprint density at radius 3 is 2.42 bits per heavy atom. The Bertz CT molecular complexity index is 760. The Morgan fingerprint density at radius 2 is 1.63 bits per heavy atom. The Morgan fingerprint density at radius 1 is 0.947 bits per heavy atom. The van der Waals surface area contributed by atoms with E-state index in [4.69, 9.17) is 4.42 Å². The number of aliphatic hydroxyl groups is 1. The van der Waals surface area contributed by atoms with Gasteiger partial charge < -0.3 is 9.52 Å². The van der Waals surface area contributed by atoms with Crippen LogP contribution in [0, 0.1) is 0 Å². The molecule has 0 aliphatic carbocycles. The number of fused-ring (bicyclic) bond motifs is 1. The first-order valence-corrected chi connectivity index (χ1v) is 6.01. The minimum Gasteiger partial charge on any atom is -0.458 e. The van der Waals surface area contributed by atoms with Crippen LogP contribution in [0.3, 0.4) is 0 Å². The first kappa shape index (κ1) is 11.7. The van der Waals surface area contributed by atoms with E-state index in [-0.39, 0.29) is 11.2 Å². The summed E-state index contributed by atoms with van der Waals surface area (Å²) in [6, 6.07) is 17.5. The zero-order chi connectivity index (χ0) is 13.2. The van der Waals surface area contributed by atoms with Gasteiger partial charge in [-0.2, -0.15) is 0 Å². The third-order valence-corrected chi connectivity index (χ3v) is 3.04. The van der Waals surface area contributed by atoms with Crippen molar-refractivity contribution >= 4 is 11.0 Å². The summed E-state index contributed by atoms with van der Waals surface area (Å²) in [7, 11) is 0. The van der Waals surface area contributed by atoms with Crippen LogP contribution in [0.2, 0.25) is 0 Å². The maximum atomic E-state index is 12.0. The number of aliphatic hydroxyl groups excluding tert-OH is 1. The first-order chi connectivity index (χ1) is 9.25. The molecule has 3 heteroatoms.